The van der Waals surface area contributed by atoms with Crippen molar-refractivity contribution in [3.05, 3.63) is 28.2 Å². The number of rotatable bonds is 4. The number of benzene rings is 1. The maximum atomic E-state index is 6.16. The Labute approximate surface area is 119 Å². The van der Waals surface area contributed by atoms with Gasteiger partial charge in [-0.15, -0.1) is 0 Å². The van der Waals surface area contributed by atoms with Crippen LogP contribution in [0, 0.1) is 11.8 Å². The molecule has 0 saturated carbocycles. The first-order chi connectivity index (χ1) is 8.58. The van der Waals surface area contributed by atoms with Crippen molar-refractivity contribution in [3.8, 4) is 5.75 Å². The zero-order valence-electron chi connectivity index (χ0n) is 10.7. The quantitative estimate of drug-likeness (QED) is 0.904. The Hall–Kier alpha value is -0.440. The summed E-state index contributed by atoms with van der Waals surface area (Å²) in [4.78, 5) is 0. The zero-order chi connectivity index (χ0) is 13.1. The van der Waals surface area contributed by atoms with E-state index in [-0.39, 0.29) is 6.10 Å². The van der Waals surface area contributed by atoms with Crippen molar-refractivity contribution in [2.75, 3.05) is 13.1 Å². The number of nitrogens with one attached hydrogen (secondary N) is 1. The molecule has 0 spiro atoms. The highest BCUT2D eigenvalue weighted by molar-refractivity contribution is 6.35. The summed E-state index contributed by atoms with van der Waals surface area (Å²) < 4.78 is 6.12. The molecule has 2 nitrogen and oxygen atoms in total. The molecule has 0 radical (unpaired) electrons. The van der Waals surface area contributed by atoms with Gasteiger partial charge in [0.15, 0.2) is 0 Å². The van der Waals surface area contributed by atoms with Crippen LogP contribution in [0.1, 0.15) is 20.3 Å². The number of ether oxygens (including phenoxy) is 1. The van der Waals surface area contributed by atoms with Gasteiger partial charge in [-0.25, -0.2) is 0 Å². The summed E-state index contributed by atoms with van der Waals surface area (Å²) in [5, 5.41) is 4.60. The van der Waals surface area contributed by atoms with Crippen molar-refractivity contribution in [1.29, 1.82) is 0 Å². The second kappa shape index (κ2) is 6.14. The summed E-state index contributed by atoms with van der Waals surface area (Å²) in [6.07, 6.45) is 1.35. The summed E-state index contributed by atoms with van der Waals surface area (Å²) in [7, 11) is 0. The highest BCUT2D eigenvalue weighted by Crippen LogP contribution is 2.32. The number of halogens is 2. The molecule has 1 aromatic rings. The van der Waals surface area contributed by atoms with Crippen molar-refractivity contribution >= 4 is 23.2 Å². The van der Waals surface area contributed by atoms with E-state index in [9.17, 15) is 0 Å². The Morgan fingerprint density at radius 3 is 2.67 bits per heavy atom. The van der Waals surface area contributed by atoms with E-state index in [4.69, 9.17) is 27.9 Å². The van der Waals surface area contributed by atoms with Crippen LogP contribution < -0.4 is 10.1 Å². The van der Waals surface area contributed by atoms with Crippen LogP contribution in [0.5, 0.6) is 5.75 Å². The maximum Gasteiger partial charge on any atom is 0.138 e. The van der Waals surface area contributed by atoms with Gasteiger partial charge in [0.05, 0.1) is 5.02 Å². The third kappa shape index (κ3) is 3.31. The normalized spacial score (nSPS) is 21.3. The van der Waals surface area contributed by atoms with Crippen molar-refractivity contribution in [2.24, 2.45) is 11.8 Å². The minimum absolute atomic E-state index is 0.193. The van der Waals surface area contributed by atoms with Crippen LogP contribution in [0.15, 0.2) is 18.2 Å². The van der Waals surface area contributed by atoms with Gasteiger partial charge in [0.1, 0.15) is 11.9 Å². The second-order valence-electron chi connectivity index (χ2n) is 5.15. The van der Waals surface area contributed by atoms with Crippen molar-refractivity contribution in [1.82, 2.24) is 5.32 Å². The van der Waals surface area contributed by atoms with Crippen LogP contribution in [-0.2, 0) is 0 Å². The van der Waals surface area contributed by atoms with Gasteiger partial charge in [0, 0.05) is 17.5 Å². The molecule has 1 fully saturated rings. The molecule has 1 saturated heterocycles. The van der Waals surface area contributed by atoms with Gasteiger partial charge in [-0.3, -0.25) is 0 Å². The maximum absolute atomic E-state index is 6.16. The van der Waals surface area contributed by atoms with Crippen LogP contribution in [0.3, 0.4) is 0 Å². The van der Waals surface area contributed by atoms with Gasteiger partial charge in [-0.2, -0.15) is 0 Å². The van der Waals surface area contributed by atoms with Crippen LogP contribution in [0.2, 0.25) is 10.0 Å². The molecule has 1 N–H and O–H groups in total. The monoisotopic (exact) mass is 287 g/mol. The minimum Gasteiger partial charge on any atom is -0.488 e. The Morgan fingerprint density at radius 2 is 2.11 bits per heavy atom. The van der Waals surface area contributed by atoms with E-state index in [0.717, 1.165) is 25.3 Å². The van der Waals surface area contributed by atoms with E-state index in [1.54, 1.807) is 6.07 Å². The van der Waals surface area contributed by atoms with E-state index >= 15 is 0 Å². The average Bonchev–Trinajstić information content (AvgIpc) is 2.80. The fourth-order valence-corrected chi connectivity index (χ4v) is 2.90. The fraction of sp³-hybridized carbons (Fsp3) is 0.571. The fourth-order valence-electron chi connectivity index (χ4n) is 2.45. The smallest absolute Gasteiger partial charge is 0.138 e. The lowest BCUT2D eigenvalue weighted by molar-refractivity contribution is 0.0974. The molecular formula is C14H19Cl2NO. The average molecular weight is 288 g/mol. The largest absolute Gasteiger partial charge is 0.488 e. The first kappa shape index (κ1) is 14.0. The molecule has 1 aromatic carbocycles. The van der Waals surface area contributed by atoms with Crippen molar-refractivity contribution in [3.63, 3.8) is 0 Å². The minimum atomic E-state index is 0.193. The lowest BCUT2D eigenvalue weighted by atomic mass is 9.92. The molecule has 0 bridgehead atoms. The molecule has 100 valence electrons. The van der Waals surface area contributed by atoms with E-state index in [1.807, 2.05) is 12.1 Å². The summed E-state index contributed by atoms with van der Waals surface area (Å²) >= 11 is 12.1. The molecule has 0 aromatic heterocycles. The highest BCUT2D eigenvalue weighted by atomic mass is 35.5. The standard InChI is InChI=1S/C14H19Cl2NO/c1-9(2)14(10-5-6-17-8-10)18-13-4-3-11(15)7-12(13)16/h3-4,7,9-10,14,17H,5-6,8H2,1-2H3/t10-,14+/m0/s1. The Morgan fingerprint density at radius 1 is 1.33 bits per heavy atom. The lowest BCUT2D eigenvalue weighted by Gasteiger charge is -2.28. The molecule has 1 heterocycles. The van der Waals surface area contributed by atoms with Gasteiger partial charge in [-0.05, 0) is 37.1 Å². The van der Waals surface area contributed by atoms with Gasteiger partial charge < -0.3 is 10.1 Å². The highest BCUT2D eigenvalue weighted by Gasteiger charge is 2.29. The predicted octanol–water partition coefficient (Wildman–Crippen LogP) is 4.01. The van der Waals surface area contributed by atoms with E-state index in [0.29, 0.717) is 21.9 Å². The topological polar surface area (TPSA) is 21.3 Å². The zero-order valence-corrected chi connectivity index (χ0v) is 12.3. The molecule has 0 amide bonds. The van der Waals surface area contributed by atoms with Crippen LogP contribution in [0.25, 0.3) is 0 Å². The molecule has 2 rings (SSSR count). The van der Waals surface area contributed by atoms with Crippen molar-refractivity contribution < 1.29 is 4.74 Å². The molecule has 4 heteroatoms. The third-order valence-corrected chi connectivity index (χ3v) is 3.91. The van der Waals surface area contributed by atoms with E-state index < -0.39 is 0 Å². The predicted molar refractivity (Wildman–Crippen MR) is 76.7 cm³/mol. The van der Waals surface area contributed by atoms with Crippen LogP contribution in [0.4, 0.5) is 0 Å². The Balaban J connectivity index is 2.12. The number of hydrogen-bond acceptors (Lipinski definition) is 2. The SMILES string of the molecule is CC(C)[C@@H](Oc1ccc(Cl)cc1Cl)[C@H]1CCNC1. The first-order valence-corrected chi connectivity index (χ1v) is 7.16. The summed E-state index contributed by atoms with van der Waals surface area (Å²) in [5.74, 6) is 1.74. The molecule has 0 unspecified atom stereocenters. The van der Waals surface area contributed by atoms with Gasteiger partial charge in [0.2, 0.25) is 0 Å². The lowest BCUT2D eigenvalue weighted by Crippen LogP contribution is -2.33. The third-order valence-electron chi connectivity index (χ3n) is 3.38. The summed E-state index contributed by atoms with van der Waals surface area (Å²) in [6, 6.07) is 5.39. The Bertz CT molecular complexity index is 403. The second-order valence-corrected chi connectivity index (χ2v) is 6.00. The van der Waals surface area contributed by atoms with Gasteiger partial charge in [0.25, 0.3) is 0 Å². The molecular weight excluding hydrogens is 269 g/mol. The summed E-state index contributed by atoms with van der Waals surface area (Å²) in [6.45, 7) is 6.47. The number of hydrogen-bond donors (Lipinski definition) is 1. The Kier molecular flexibility index (Phi) is 4.77. The molecule has 0 aliphatic carbocycles. The molecule has 1 aliphatic rings. The summed E-state index contributed by atoms with van der Waals surface area (Å²) in [5.41, 5.74) is 0. The van der Waals surface area contributed by atoms with Crippen molar-refractivity contribution in [2.45, 2.75) is 26.4 Å². The molecule has 18 heavy (non-hydrogen) atoms. The van der Waals surface area contributed by atoms with Crippen LogP contribution in [-0.4, -0.2) is 19.2 Å². The first-order valence-electron chi connectivity index (χ1n) is 6.40. The van der Waals surface area contributed by atoms with E-state index in [2.05, 4.69) is 19.2 Å². The van der Waals surface area contributed by atoms with Crippen LogP contribution >= 0.6 is 23.2 Å². The van der Waals surface area contributed by atoms with Gasteiger partial charge >= 0.3 is 0 Å². The van der Waals surface area contributed by atoms with Gasteiger partial charge in [-0.1, -0.05) is 37.0 Å². The van der Waals surface area contributed by atoms with E-state index in [1.165, 1.54) is 0 Å². The molecule has 2 atom stereocenters. The molecule has 1 aliphatic heterocycles.